The molecule has 1 saturated heterocycles. The lowest BCUT2D eigenvalue weighted by Gasteiger charge is -2.29. The van der Waals surface area contributed by atoms with Crippen molar-refractivity contribution in [3.8, 4) is 17.2 Å². The van der Waals surface area contributed by atoms with E-state index in [4.69, 9.17) is 18.9 Å². The second kappa shape index (κ2) is 18.3. The highest BCUT2D eigenvalue weighted by atomic mass is 16.5. The number of hydrogen-bond acceptors (Lipinski definition) is 8. The van der Waals surface area contributed by atoms with E-state index in [0.717, 1.165) is 40.9 Å². The summed E-state index contributed by atoms with van der Waals surface area (Å²) in [5.74, 6) is 0.758. The number of nitrogens with zero attached hydrogens (tertiary/aromatic N) is 1. The first-order chi connectivity index (χ1) is 25.9. The highest BCUT2D eigenvalue weighted by molar-refractivity contribution is 6.05. The number of nitrogens with one attached hydrogen (secondary N) is 1. The summed E-state index contributed by atoms with van der Waals surface area (Å²) in [5.41, 5.74) is 7.02. The fourth-order valence-corrected chi connectivity index (χ4v) is 6.70. The van der Waals surface area contributed by atoms with Crippen LogP contribution in [0.5, 0.6) is 17.2 Å². The van der Waals surface area contributed by atoms with Gasteiger partial charge in [-0.3, -0.25) is 19.7 Å². The summed E-state index contributed by atoms with van der Waals surface area (Å²) in [6.45, 7) is 5.57. The summed E-state index contributed by atoms with van der Waals surface area (Å²) in [6.07, 6.45) is 2.90. The van der Waals surface area contributed by atoms with Crippen molar-refractivity contribution in [1.29, 1.82) is 0 Å². The first-order valence-electron chi connectivity index (χ1n) is 18.3. The van der Waals surface area contributed by atoms with E-state index in [1.54, 1.807) is 24.3 Å². The van der Waals surface area contributed by atoms with Crippen LogP contribution in [0.25, 0.3) is 11.1 Å². The summed E-state index contributed by atoms with van der Waals surface area (Å²) in [6, 6.07) is 30.6. The minimum absolute atomic E-state index is 0.198. The SMILES string of the molecule is CCC(=C(c1ccc(O)cc1)c1ccc(OCCOCCCOCCCOc2ccc3c(c2)CN(C2CCC(=O)NC2=O)C3=O)cc1)c1ccccc1. The van der Waals surface area contributed by atoms with Crippen molar-refractivity contribution in [2.75, 3.05) is 39.6 Å². The first kappa shape index (κ1) is 37.3. The van der Waals surface area contributed by atoms with Crippen LogP contribution in [0.3, 0.4) is 0 Å². The number of aromatic hydroxyl groups is 1. The molecule has 2 heterocycles. The van der Waals surface area contributed by atoms with Gasteiger partial charge in [0.15, 0.2) is 0 Å². The minimum atomic E-state index is -0.632. The Morgan fingerprint density at radius 3 is 2.08 bits per heavy atom. The normalized spacial score (nSPS) is 15.9. The maximum absolute atomic E-state index is 12.9. The molecule has 3 amide bonds. The number of phenolic OH excluding ortho intramolecular Hbond substituents is 1. The van der Waals surface area contributed by atoms with Gasteiger partial charge in [-0.15, -0.1) is 0 Å². The molecule has 2 aliphatic heterocycles. The lowest BCUT2D eigenvalue weighted by molar-refractivity contribution is -0.136. The van der Waals surface area contributed by atoms with Crippen LogP contribution in [0.1, 0.15) is 71.6 Å². The Morgan fingerprint density at radius 2 is 1.38 bits per heavy atom. The topological polar surface area (TPSA) is 124 Å². The predicted molar refractivity (Wildman–Crippen MR) is 202 cm³/mol. The quantitative estimate of drug-likeness (QED) is 0.0655. The molecule has 53 heavy (non-hydrogen) atoms. The summed E-state index contributed by atoms with van der Waals surface area (Å²) >= 11 is 0. The largest absolute Gasteiger partial charge is 0.508 e. The summed E-state index contributed by atoms with van der Waals surface area (Å²) in [5, 5.41) is 12.2. The molecule has 2 N–H and O–H groups in total. The van der Waals surface area contributed by atoms with Crippen molar-refractivity contribution < 1.29 is 38.4 Å². The van der Waals surface area contributed by atoms with Gasteiger partial charge in [0, 0.05) is 44.8 Å². The number of amides is 3. The van der Waals surface area contributed by atoms with Crippen molar-refractivity contribution in [3.05, 3.63) is 125 Å². The number of imide groups is 1. The van der Waals surface area contributed by atoms with Crippen LogP contribution >= 0.6 is 0 Å². The van der Waals surface area contributed by atoms with Crippen LogP contribution < -0.4 is 14.8 Å². The number of hydrogen-bond donors (Lipinski definition) is 2. The second-order valence-electron chi connectivity index (χ2n) is 13.0. The number of allylic oxidation sites excluding steroid dienone is 1. The highest BCUT2D eigenvalue weighted by Gasteiger charge is 2.39. The van der Waals surface area contributed by atoms with Crippen molar-refractivity contribution >= 4 is 28.9 Å². The molecule has 1 unspecified atom stereocenters. The van der Waals surface area contributed by atoms with Gasteiger partial charge < -0.3 is 29.0 Å². The minimum Gasteiger partial charge on any atom is -0.508 e. The van der Waals surface area contributed by atoms with Gasteiger partial charge in [0.2, 0.25) is 11.8 Å². The van der Waals surface area contributed by atoms with Crippen molar-refractivity contribution in [2.45, 2.75) is 51.6 Å². The molecule has 4 aromatic rings. The molecule has 2 aliphatic rings. The molecule has 0 radical (unpaired) electrons. The summed E-state index contributed by atoms with van der Waals surface area (Å²) < 4.78 is 23.3. The number of carbonyl (C=O) groups is 3. The molecule has 0 spiro atoms. The van der Waals surface area contributed by atoms with E-state index in [-0.39, 0.29) is 24.0 Å². The zero-order valence-electron chi connectivity index (χ0n) is 30.1. The number of fused-ring (bicyclic) bond motifs is 1. The second-order valence-corrected chi connectivity index (χ2v) is 13.0. The maximum atomic E-state index is 12.9. The predicted octanol–water partition coefficient (Wildman–Crippen LogP) is 6.79. The third-order valence-electron chi connectivity index (χ3n) is 9.35. The van der Waals surface area contributed by atoms with E-state index in [1.807, 2.05) is 36.4 Å². The molecule has 10 heteroatoms. The van der Waals surface area contributed by atoms with E-state index < -0.39 is 11.9 Å². The molecule has 0 saturated carbocycles. The van der Waals surface area contributed by atoms with Gasteiger partial charge in [0.05, 0.1) is 13.2 Å². The Hall–Kier alpha value is -5.45. The van der Waals surface area contributed by atoms with Gasteiger partial charge in [-0.2, -0.15) is 0 Å². The van der Waals surface area contributed by atoms with Gasteiger partial charge >= 0.3 is 0 Å². The van der Waals surface area contributed by atoms with E-state index in [2.05, 4.69) is 48.6 Å². The van der Waals surface area contributed by atoms with E-state index >= 15 is 0 Å². The Labute approximate surface area is 310 Å². The smallest absolute Gasteiger partial charge is 0.255 e. The van der Waals surface area contributed by atoms with Crippen LogP contribution in [0.2, 0.25) is 0 Å². The molecule has 0 aromatic heterocycles. The lowest BCUT2D eigenvalue weighted by atomic mass is 9.88. The van der Waals surface area contributed by atoms with Gasteiger partial charge in [-0.05, 0) is 95.1 Å². The van der Waals surface area contributed by atoms with E-state index in [9.17, 15) is 19.5 Å². The van der Waals surface area contributed by atoms with Crippen LogP contribution in [0.4, 0.5) is 0 Å². The molecule has 1 fully saturated rings. The molecule has 10 nitrogen and oxygen atoms in total. The average molecular weight is 719 g/mol. The van der Waals surface area contributed by atoms with Crippen molar-refractivity contribution in [3.63, 3.8) is 0 Å². The van der Waals surface area contributed by atoms with Gasteiger partial charge in [-0.1, -0.05) is 61.5 Å². The Balaban J connectivity index is 0.855. The van der Waals surface area contributed by atoms with Crippen LogP contribution in [0, 0.1) is 0 Å². The standard InChI is InChI=1S/C43H46N2O8/c1-2-37(30-8-4-3-5-9-30)41(31-10-14-34(46)15-11-31)32-12-16-35(17-13-32)53-27-26-51-23-6-22-50-24-7-25-52-36-18-19-38-33(28-36)29-45(43(38)49)39-20-21-40(47)44-42(39)48/h3-5,8-19,28,39,46H,2,6-7,20-27,29H2,1H3,(H,44,47,48). The number of phenols is 1. The van der Waals surface area contributed by atoms with Crippen LogP contribution in [-0.4, -0.2) is 73.4 Å². The van der Waals surface area contributed by atoms with E-state index in [0.29, 0.717) is 70.3 Å². The Kier molecular flexibility index (Phi) is 12.9. The molecule has 0 aliphatic carbocycles. The lowest BCUT2D eigenvalue weighted by Crippen LogP contribution is -2.52. The third kappa shape index (κ3) is 9.71. The van der Waals surface area contributed by atoms with Crippen molar-refractivity contribution in [2.24, 2.45) is 0 Å². The summed E-state index contributed by atoms with van der Waals surface area (Å²) in [7, 11) is 0. The van der Waals surface area contributed by atoms with Gasteiger partial charge in [-0.25, -0.2) is 0 Å². The monoisotopic (exact) mass is 718 g/mol. The molecule has 276 valence electrons. The summed E-state index contributed by atoms with van der Waals surface area (Å²) in [4.78, 5) is 38.2. The molecular formula is C43H46N2O8. The zero-order valence-corrected chi connectivity index (χ0v) is 30.1. The molecular weight excluding hydrogens is 672 g/mol. The number of piperidine rings is 1. The zero-order chi connectivity index (χ0) is 37.0. The van der Waals surface area contributed by atoms with Crippen molar-refractivity contribution in [1.82, 2.24) is 10.2 Å². The van der Waals surface area contributed by atoms with Crippen LogP contribution in [-0.2, 0) is 25.6 Å². The fraction of sp³-hybridized carbons (Fsp3) is 0.326. The molecule has 6 rings (SSSR count). The third-order valence-corrected chi connectivity index (χ3v) is 9.35. The maximum Gasteiger partial charge on any atom is 0.255 e. The number of carbonyl (C=O) groups excluding carboxylic acids is 3. The molecule has 0 bridgehead atoms. The number of rotatable bonds is 18. The van der Waals surface area contributed by atoms with Crippen LogP contribution in [0.15, 0.2) is 97.1 Å². The Morgan fingerprint density at radius 1 is 0.736 bits per heavy atom. The van der Waals surface area contributed by atoms with Gasteiger partial charge in [0.25, 0.3) is 5.91 Å². The van der Waals surface area contributed by atoms with Gasteiger partial charge in [0.1, 0.15) is 29.9 Å². The van der Waals surface area contributed by atoms with E-state index in [1.165, 1.54) is 16.0 Å². The fourth-order valence-electron chi connectivity index (χ4n) is 6.70. The molecule has 1 atom stereocenters. The number of benzene rings is 4. The Bertz CT molecular complexity index is 1890. The highest BCUT2D eigenvalue weighted by Crippen LogP contribution is 2.36. The molecule has 4 aromatic carbocycles. The average Bonchev–Trinajstić information content (AvgIpc) is 3.50. The first-order valence-corrected chi connectivity index (χ1v) is 18.3. The number of ether oxygens (including phenoxy) is 4.